The predicted octanol–water partition coefficient (Wildman–Crippen LogP) is 4.01. The summed E-state index contributed by atoms with van der Waals surface area (Å²) < 4.78 is 0. The summed E-state index contributed by atoms with van der Waals surface area (Å²) in [6, 6.07) is 12.2. The zero-order chi connectivity index (χ0) is 15.9. The summed E-state index contributed by atoms with van der Waals surface area (Å²) in [6.45, 7) is 1.80. The van der Waals surface area contributed by atoms with Crippen molar-refractivity contribution in [1.82, 2.24) is 5.43 Å². The molecule has 0 unspecified atom stereocenters. The molecule has 0 bridgehead atoms. The quantitative estimate of drug-likeness (QED) is 0.655. The highest BCUT2D eigenvalue weighted by Crippen LogP contribution is 2.17. The molecule has 7 heteroatoms. The second-order valence-electron chi connectivity index (χ2n) is 4.37. The van der Waals surface area contributed by atoms with E-state index >= 15 is 0 Å². The fraction of sp³-hybridized carbons (Fsp3) is 0.133. The van der Waals surface area contributed by atoms with Crippen LogP contribution in [-0.4, -0.2) is 11.7 Å². The Morgan fingerprint density at radius 1 is 1.32 bits per heavy atom. The van der Waals surface area contributed by atoms with Gasteiger partial charge in [0.25, 0.3) is 0 Å². The van der Waals surface area contributed by atoms with E-state index < -0.39 is 6.03 Å². The van der Waals surface area contributed by atoms with Crippen LogP contribution in [-0.2, 0) is 6.42 Å². The number of rotatable bonds is 4. The van der Waals surface area contributed by atoms with Gasteiger partial charge in [0, 0.05) is 15.6 Å². The van der Waals surface area contributed by atoms with E-state index in [2.05, 4.69) is 21.9 Å². The maximum absolute atomic E-state index is 11.7. The van der Waals surface area contributed by atoms with Gasteiger partial charge in [-0.2, -0.15) is 10.4 Å². The summed E-state index contributed by atoms with van der Waals surface area (Å²) >= 11 is 7.26. The van der Waals surface area contributed by atoms with E-state index in [0.29, 0.717) is 22.8 Å². The maximum atomic E-state index is 11.7. The van der Waals surface area contributed by atoms with Crippen LogP contribution in [0.1, 0.15) is 16.7 Å². The number of halogens is 1. The summed E-state index contributed by atoms with van der Waals surface area (Å²) in [5, 5.41) is 15.9. The molecule has 0 saturated carbocycles. The van der Waals surface area contributed by atoms with E-state index in [1.807, 2.05) is 12.1 Å². The Kier molecular flexibility index (Phi) is 5.53. The molecule has 112 valence electrons. The molecule has 1 aromatic carbocycles. The van der Waals surface area contributed by atoms with Gasteiger partial charge in [-0.15, -0.1) is 11.3 Å². The lowest BCUT2D eigenvalue weighted by molar-refractivity contribution is 0.252. The number of amides is 2. The molecule has 2 amide bonds. The van der Waals surface area contributed by atoms with E-state index in [1.165, 1.54) is 11.3 Å². The summed E-state index contributed by atoms with van der Waals surface area (Å²) in [5.41, 5.74) is 3.74. The van der Waals surface area contributed by atoms with Crippen molar-refractivity contribution in [3.63, 3.8) is 0 Å². The molecule has 2 rings (SSSR count). The van der Waals surface area contributed by atoms with Crippen molar-refractivity contribution >= 4 is 40.4 Å². The molecule has 0 aliphatic rings. The van der Waals surface area contributed by atoms with Gasteiger partial charge in [-0.05, 0) is 43.3 Å². The topological polar surface area (TPSA) is 77.3 Å². The van der Waals surface area contributed by atoms with Crippen LogP contribution in [0.5, 0.6) is 0 Å². The van der Waals surface area contributed by atoms with Crippen LogP contribution in [0.4, 0.5) is 10.5 Å². The van der Waals surface area contributed by atoms with Gasteiger partial charge in [-0.1, -0.05) is 11.6 Å². The van der Waals surface area contributed by atoms with Crippen molar-refractivity contribution < 1.29 is 4.79 Å². The molecule has 0 spiro atoms. The minimum atomic E-state index is -0.435. The van der Waals surface area contributed by atoms with E-state index in [-0.39, 0.29) is 0 Å². The highest BCUT2D eigenvalue weighted by Gasteiger charge is 2.05. The number of carbonyl (C=O) groups is 1. The normalized spacial score (nSPS) is 10.9. The number of hydrogen-bond donors (Lipinski definition) is 2. The third-order valence-corrected chi connectivity index (χ3v) is 4.14. The third-order valence-electron chi connectivity index (χ3n) is 2.70. The number of hydrazone groups is 1. The van der Waals surface area contributed by atoms with Crippen molar-refractivity contribution in [3.05, 3.63) is 51.2 Å². The molecule has 1 aromatic heterocycles. The number of hydrogen-bond acceptors (Lipinski definition) is 4. The first-order valence-electron chi connectivity index (χ1n) is 6.41. The molecule has 22 heavy (non-hydrogen) atoms. The Labute approximate surface area is 137 Å². The summed E-state index contributed by atoms with van der Waals surface area (Å²) in [7, 11) is 0. The molecule has 2 aromatic rings. The first kappa shape index (κ1) is 16.0. The van der Waals surface area contributed by atoms with Crippen LogP contribution in [0.15, 0.2) is 41.5 Å². The van der Waals surface area contributed by atoms with Crippen molar-refractivity contribution in [2.45, 2.75) is 13.3 Å². The molecular weight excluding hydrogens is 320 g/mol. The lowest BCUT2D eigenvalue weighted by Gasteiger charge is -2.04. The van der Waals surface area contributed by atoms with Gasteiger partial charge in [0.2, 0.25) is 0 Å². The average Bonchev–Trinajstić information content (AvgIpc) is 2.96. The zero-order valence-electron chi connectivity index (χ0n) is 11.8. The number of nitrogens with one attached hydrogen (secondary N) is 2. The molecule has 0 aliphatic carbocycles. The van der Waals surface area contributed by atoms with Gasteiger partial charge in [0.1, 0.15) is 0 Å². The Balaban J connectivity index is 1.93. The van der Waals surface area contributed by atoms with Gasteiger partial charge in [-0.3, -0.25) is 0 Å². The first-order valence-corrected chi connectivity index (χ1v) is 7.61. The number of urea groups is 1. The third kappa shape index (κ3) is 4.58. The Morgan fingerprint density at radius 3 is 2.73 bits per heavy atom. The van der Waals surface area contributed by atoms with Gasteiger partial charge in [0.05, 0.1) is 23.1 Å². The summed E-state index contributed by atoms with van der Waals surface area (Å²) in [5.74, 6) is 0. The van der Waals surface area contributed by atoms with E-state index in [9.17, 15) is 4.79 Å². The molecule has 1 heterocycles. The Bertz CT molecular complexity index is 731. The van der Waals surface area contributed by atoms with Gasteiger partial charge < -0.3 is 5.32 Å². The molecule has 0 fully saturated rings. The highest BCUT2D eigenvalue weighted by molar-refractivity contribution is 7.14. The van der Waals surface area contributed by atoms with E-state index in [4.69, 9.17) is 16.9 Å². The largest absolute Gasteiger partial charge is 0.339 e. The first-order chi connectivity index (χ1) is 10.6. The molecule has 0 saturated heterocycles. The van der Waals surface area contributed by atoms with Crippen LogP contribution >= 0.6 is 22.9 Å². The van der Waals surface area contributed by atoms with Crippen LogP contribution in [0.3, 0.4) is 0 Å². The van der Waals surface area contributed by atoms with Crippen molar-refractivity contribution in [2.75, 3.05) is 5.32 Å². The minimum Gasteiger partial charge on any atom is -0.307 e. The van der Waals surface area contributed by atoms with Gasteiger partial charge >= 0.3 is 6.03 Å². The molecular formula is C15H13ClN4OS. The lowest BCUT2D eigenvalue weighted by atomic mass is 10.3. The fourth-order valence-corrected chi connectivity index (χ4v) is 2.64. The van der Waals surface area contributed by atoms with Gasteiger partial charge in [-0.25, -0.2) is 10.2 Å². The smallest absolute Gasteiger partial charge is 0.307 e. The van der Waals surface area contributed by atoms with Crippen molar-refractivity contribution in [1.29, 1.82) is 5.26 Å². The molecule has 0 radical (unpaired) electrons. The van der Waals surface area contributed by atoms with Crippen molar-refractivity contribution in [3.8, 4) is 6.07 Å². The number of nitrogens with zero attached hydrogens (tertiary/aromatic N) is 2. The Morgan fingerprint density at radius 2 is 2.05 bits per heavy atom. The van der Waals surface area contributed by atoms with Crippen LogP contribution in [0.2, 0.25) is 5.02 Å². The van der Waals surface area contributed by atoms with Crippen LogP contribution in [0, 0.1) is 11.3 Å². The van der Waals surface area contributed by atoms with E-state index in [0.717, 1.165) is 9.75 Å². The standard InChI is InChI=1S/C15H13ClN4OS/c1-10(14-7-6-13(22-14)8-9-17)19-20-15(21)18-12-4-2-11(16)3-5-12/h2-7H,8H2,1H3,(H2,18,20,21)/b19-10+. The van der Waals surface area contributed by atoms with Crippen LogP contribution < -0.4 is 10.7 Å². The highest BCUT2D eigenvalue weighted by atomic mass is 35.5. The molecule has 5 nitrogen and oxygen atoms in total. The summed E-state index contributed by atoms with van der Waals surface area (Å²) in [6.07, 6.45) is 0.377. The van der Waals surface area contributed by atoms with Crippen LogP contribution in [0.25, 0.3) is 0 Å². The summed E-state index contributed by atoms with van der Waals surface area (Å²) in [4.78, 5) is 13.6. The zero-order valence-corrected chi connectivity index (χ0v) is 13.3. The second-order valence-corrected chi connectivity index (χ2v) is 5.98. The van der Waals surface area contributed by atoms with Gasteiger partial charge in [0.15, 0.2) is 0 Å². The number of carbonyl (C=O) groups excluding carboxylic acids is 1. The maximum Gasteiger partial charge on any atom is 0.339 e. The monoisotopic (exact) mass is 332 g/mol. The lowest BCUT2D eigenvalue weighted by Crippen LogP contribution is -2.25. The Hall–Kier alpha value is -2.36. The minimum absolute atomic E-state index is 0.377. The predicted molar refractivity (Wildman–Crippen MR) is 89.5 cm³/mol. The molecule has 0 aliphatic heterocycles. The number of benzene rings is 1. The molecule has 2 N–H and O–H groups in total. The average molecular weight is 333 g/mol. The molecule has 0 atom stereocenters. The number of nitriles is 1. The van der Waals surface area contributed by atoms with E-state index in [1.54, 1.807) is 31.2 Å². The number of thiophene rings is 1. The number of anilines is 1. The van der Waals surface area contributed by atoms with Crippen molar-refractivity contribution in [2.24, 2.45) is 5.10 Å². The second kappa shape index (κ2) is 7.59. The fourth-order valence-electron chi connectivity index (χ4n) is 1.63. The SMILES string of the molecule is C/C(=N\NC(=O)Nc1ccc(Cl)cc1)c1ccc(CC#N)s1.